The summed E-state index contributed by atoms with van der Waals surface area (Å²) in [6, 6.07) is 20.1. The van der Waals surface area contributed by atoms with Crippen molar-refractivity contribution >= 4 is 22.4 Å². The number of carbonyl (C=O) groups is 1. The number of ether oxygens (including phenoxy) is 3. The van der Waals surface area contributed by atoms with Crippen LogP contribution in [0.3, 0.4) is 0 Å². The van der Waals surface area contributed by atoms with Gasteiger partial charge in [0.1, 0.15) is 30.8 Å². The van der Waals surface area contributed by atoms with E-state index in [1.165, 1.54) is 0 Å². The van der Waals surface area contributed by atoms with Gasteiger partial charge in [0.2, 0.25) is 11.7 Å². The molecule has 1 aliphatic heterocycles. The first-order valence-corrected chi connectivity index (χ1v) is 20.7. The molecule has 1 amide bonds. The minimum atomic E-state index is -1.30. The summed E-state index contributed by atoms with van der Waals surface area (Å²) in [6.07, 6.45) is 12.9. The van der Waals surface area contributed by atoms with Gasteiger partial charge in [0.15, 0.2) is 0 Å². The first-order chi connectivity index (χ1) is 27.5. The topological polar surface area (TPSA) is 110 Å². The van der Waals surface area contributed by atoms with Crippen LogP contribution in [0.2, 0.25) is 0 Å². The van der Waals surface area contributed by atoms with Gasteiger partial charge in [-0.05, 0) is 97.4 Å². The molecule has 3 aliphatic carbocycles. The molecule has 2 saturated carbocycles. The second-order valence-electron chi connectivity index (χ2n) is 15.7. The fourth-order valence-corrected chi connectivity index (χ4v) is 9.56. The minimum Gasteiger partial charge on any atom is -0.490 e. The number of unbranched alkanes of at least 4 members (excludes halogenated alkanes) is 2. The number of amides is 1. The smallest absolute Gasteiger partial charge is 0.239 e. The molecule has 0 aromatic heterocycles. The number of fused-ring (bicyclic) bond motifs is 3. The van der Waals surface area contributed by atoms with Crippen molar-refractivity contribution in [3.63, 3.8) is 0 Å². The molecule has 0 bridgehead atoms. The van der Waals surface area contributed by atoms with Crippen LogP contribution in [0, 0.1) is 23.7 Å². The van der Waals surface area contributed by atoms with E-state index in [9.17, 15) is 15.0 Å². The molecule has 0 radical (unpaired) electrons. The maximum Gasteiger partial charge on any atom is 0.239 e. The van der Waals surface area contributed by atoms with Gasteiger partial charge in [-0.15, -0.1) is 6.58 Å². The predicted octanol–water partition coefficient (Wildman–Crippen LogP) is 8.50. The number of aliphatic hydroxyl groups excluding tert-OH is 2. The Balaban J connectivity index is 1.46. The molecule has 6 atom stereocenters. The molecule has 1 heterocycles. The van der Waals surface area contributed by atoms with E-state index in [0.717, 1.165) is 83.9 Å². The van der Waals surface area contributed by atoms with Gasteiger partial charge in [0, 0.05) is 43.6 Å². The van der Waals surface area contributed by atoms with Gasteiger partial charge in [0.25, 0.3) is 0 Å². The van der Waals surface area contributed by atoms with Gasteiger partial charge < -0.3 is 34.2 Å². The molecule has 0 saturated heterocycles. The number of carbonyl (C=O) groups excluding carboxylic acids is 1. The maximum absolute atomic E-state index is 14.9. The summed E-state index contributed by atoms with van der Waals surface area (Å²) in [5.74, 6) is -0.00614. The number of nitrogens with zero attached hydrogens (tertiary/aromatic N) is 2. The Hall–Kier alpha value is -4.44. The van der Waals surface area contributed by atoms with Crippen LogP contribution in [0.1, 0.15) is 81.8 Å². The maximum atomic E-state index is 14.9. The van der Waals surface area contributed by atoms with E-state index >= 15 is 0 Å². The van der Waals surface area contributed by atoms with E-state index in [2.05, 4.69) is 55.6 Å². The number of benzene rings is 3. The third-order valence-corrected chi connectivity index (χ3v) is 12.1. The molecule has 298 valence electrons. The zero-order valence-electron chi connectivity index (χ0n) is 32.8. The van der Waals surface area contributed by atoms with Crippen molar-refractivity contribution in [3.8, 4) is 11.5 Å². The van der Waals surface area contributed by atoms with Crippen LogP contribution in [0.25, 0.3) is 10.8 Å². The molecule has 0 unspecified atom stereocenters. The lowest BCUT2D eigenvalue weighted by Crippen LogP contribution is -2.70. The lowest BCUT2D eigenvalue weighted by Gasteiger charge is -2.60. The molecule has 2 N–H and O–H groups in total. The summed E-state index contributed by atoms with van der Waals surface area (Å²) in [5, 5.41) is 26.8. The Bertz CT molecular complexity index is 1910. The molecule has 0 spiro atoms. The molecular formula is C47H58N2O7. The molecular weight excluding hydrogens is 705 g/mol. The molecule has 7 rings (SSSR count). The number of aliphatic hydroxyl groups is 2. The third kappa shape index (κ3) is 8.04. The number of rotatable bonds is 20. The summed E-state index contributed by atoms with van der Waals surface area (Å²) < 4.78 is 20.7. The zero-order chi connectivity index (χ0) is 39.1. The Morgan fingerprint density at radius 3 is 2.50 bits per heavy atom. The summed E-state index contributed by atoms with van der Waals surface area (Å²) in [7, 11) is 0. The predicted molar refractivity (Wildman–Crippen MR) is 219 cm³/mol. The first-order valence-electron chi connectivity index (χ1n) is 20.7. The second kappa shape index (κ2) is 18.2. The minimum absolute atomic E-state index is 0.0598. The van der Waals surface area contributed by atoms with Crippen molar-refractivity contribution < 1.29 is 34.1 Å². The summed E-state index contributed by atoms with van der Waals surface area (Å²) in [5.41, 5.74) is 3.94. The molecule has 3 aromatic rings. The molecule has 3 aromatic carbocycles. The van der Waals surface area contributed by atoms with Crippen LogP contribution < -0.4 is 9.47 Å². The van der Waals surface area contributed by atoms with Crippen molar-refractivity contribution in [1.29, 1.82) is 0 Å². The van der Waals surface area contributed by atoms with E-state index in [1.807, 2.05) is 36.1 Å². The van der Waals surface area contributed by atoms with Crippen LogP contribution in [0.4, 0.5) is 0 Å². The Morgan fingerprint density at radius 2 is 1.75 bits per heavy atom. The molecule has 4 aliphatic rings. The monoisotopic (exact) mass is 762 g/mol. The Kier molecular flexibility index (Phi) is 12.9. The van der Waals surface area contributed by atoms with Crippen molar-refractivity contribution in [2.24, 2.45) is 28.8 Å². The van der Waals surface area contributed by atoms with Crippen molar-refractivity contribution in [1.82, 2.24) is 4.90 Å². The lowest BCUT2D eigenvalue weighted by molar-refractivity contribution is -0.258. The van der Waals surface area contributed by atoms with Crippen molar-refractivity contribution in [3.05, 3.63) is 109 Å². The highest BCUT2D eigenvalue weighted by molar-refractivity contribution is 6.03. The van der Waals surface area contributed by atoms with Crippen LogP contribution >= 0.6 is 0 Å². The van der Waals surface area contributed by atoms with Crippen LogP contribution in [-0.4, -0.2) is 71.6 Å². The summed E-state index contributed by atoms with van der Waals surface area (Å²) in [6.45, 7) is 11.5. The number of allylic oxidation sites excluding steroid dienone is 1. The van der Waals surface area contributed by atoms with Gasteiger partial charge in [-0.25, -0.2) is 0 Å². The van der Waals surface area contributed by atoms with Crippen LogP contribution in [-0.2, 0) is 20.9 Å². The second-order valence-corrected chi connectivity index (χ2v) is 15.7. The van der Waals surface area contributed by atoms with E-state index in [0.29, 0.717) is 38.3 Å². The van der Waals surface area contributed by atoms with Gasteiger partial charge in [-0.3, -0.25) is 4.79 Å². The normalized spacial score (nSPS) is 25.7. The Labute approximate surface area is 331 Å². The van der Waals surface area contributed by atoms with E-state index in [4.69, 9.17) is 24.2 Å². The fraction of sp³-hybridized carbons (Fsp3) is 0.489. The summed E-state index contributed by atoms with van der Waals surface area (Å²) >= 11 is 0. The largest absolute Gasteiger partial charge is 0.490 e. The zero-order valence-corrected chi connectivity index (χ0v) is 32.8. The van der Waals surface area contributed by atoms with E-state index < -0.39 is 11.8 Å². The number of oxime groups is 1. The Morgan fingerprint density at radius 1 is 0.982 bits per heavy atom. The van der Waals surface area contributed by atoms with Crippen molar-refractivity contribution in [2.75, 3.05) is 33.0 Å². The highest BCUT2D eigenvalue weighted by Crippen LogP contribution is 2.62. The molecule has 9 nitrogen and oxygen atoms in total. The summed E-state index contributed by atoms with van der Waals surface area (Å²) in [4.78, 5) is 22.8. The molecule has 56 heavy (non-hydrogen) atoms. The van der Waals surface area contributed by atoms with E-state index in [-0.39, 0.29) is 55.3 Å². The van der Waals surface area contributed by atoms with Gasteiger partial charge >= 0.3 is 0 Å². The number of hydrogen-bond acceptors (Lipinski definition) is 8. The average molecular weight is 763 g/mol. The van der Waals surface area contributed by atoms with Gasteiger partial charge in [-0.2, -0.15) is 0 Å². The van der Waals surface area contributed by atoms with Crippen molar-refractivity contribution in [2.45, 2.75) is 89.0 Å². The highest BCUT2D eigenvalue weighted by Gasteiger charge is 2.66. The van der Waals surface area contributed by atoms with Crippen LogP contribution in [0.5, 0.6) is 11.5 Å². The third-order valence-electron chi connectivity index (χ3n) is 12.1. The lowest BCUT2D eigenvalue weighted by atomic mass is 9.55. The molecule has 2 fully saturated rings. The SMILES string of the molecule is C=CCOc1ccc2c(c1)[C@H]1[C@H](CCCCO)[C@@H](CCCCO)C=C3C(=NOCC)C[C@H](N(Cc4cccc5ccccc45)C(=O)C4CC4)[C@@](OCC=C)(O2)[C@H]31. The first kappa shape index (κ1) is 39.8. The average Bonchev–Trinajstić information content (AvgIpc) is 4.08. The quantitative estimate of drug-likeness (QED) is 0.0675. The van der Waals surface area contributed by atoms with E-state index in [1.54, 1.807) is 12.2 Å². The molecule has 9 heteroatoms. The van der Waals surface area contributed by atoms with Gasteiger partial charge in [-0.1, -0.05) is 85.3 Å². The highest BCUT2D eigenvalue weighted by atomic mass is 16.7. The fourth-order valence-electron chi connectivity index (χ4n) is 9.56. The van der Waals surface area contributed by atoms with Crippen LogP contribution in [0.15, 0.2) is 103 Å². The standard InChI is InChI=1S/C47H58N2O7/c1-4-26-53-36-22-23-42-40(29-36)44-38(19-10-12-25-51)34(15-9-11-24-50)28-39-41(48-55-6-3)30-43(47(56-42,45(39)44)54-27-5-2)49(46(52)33-20-21-33)31-35-17-13-16-32-14-7-8-18-37(32)35/h4-5,7-8,13-14,16-18,22-23,28-29,33-34,38,43-45,50-51H,1-2,6,9-12,15,19-21,24-27,30-31H2,3H3/t34-,38+,43-,44+,45+,47+/m0/s1. The number of hydrogen-bond donors (Lipinski definition) is 2. The van der Waals surface area contributed by atoms with Gasteiger partial charge in [0.05, 0.1) is 18.2 Å².